The van der Waals surface area contributed by atoms with Gasteiger partial charge in [0.15, 0.2) is 11.5 Å². The molecule has 0 spiro atoms. The number of rotatable bonds is 7. The average molecular weight is 375 g/mol. The Morgan fingerprint density at radius 3 is 2.26 bits per heavy atom. The zero-order valence-electron chi connectivity index (χ0n) is 14.6. The monoisotopic (exact) mass is 375 g/mol. The molecule has 8 nitrogen and oxygen atoms in total. The topological polar surface area (TPSA) is 150 Å². The quantitative estimate of drug-likeness (QED) is 0.363. The SMILES string of the molecule is C[C@@H](CC(N)(Cc1ccc(O)c(O)c1)C(=O)O)OC(=O)c1ccc(O)cc1. The molecule has 144 valence electrons. The van der Waals surface area contributed by atoms with E-state index in [2.05, 4.69) is 0 Å². The number of phenols is 3. The second-order valence-corrected chi connectivity index (χ2v) is 6.43. The number of carbonyl (C=O) groups is 2. The third kappa shape index (κ3) is 5.11. The predicted molar refractivity (Wildman–Crippen MR) is 95.6 cm³/mol. The zero-order chi connectivity index (χ0) is 20.2. The maximum absolute atomic E-state index is 12.1. The summed E-state index contributed by atoms with van der Waals surface area (Å²) >= 11 is 0. The van der Waals surface area contributed by atoms with Crippen LogP contribution in [0.1, 0.15) is 29.3 Å². The molecule has 0 heterocycles. The lowest BCUT2D eigenvalue weighted by molar-refractivity contribution is -0.144. The standard InChI is InChI=1S/C19H21NO7/c1-11(27-17(24)13-3-5-14(21)6-4-13)9-19(20,18(25)26)10-12-2-7-15(22)16(23)8-12/h2-8,11,21-23H,9-10,20H2,1H3,(H,25,26)/t11-,19?/m0/s1. The first-order valence-electron chi connectivity index (χ1n) is 8.14. The van der Waals surface area contributed by atoms with Gasteiger partial charge in [-0.1, -0.05) is 6.07 Å². The summed E-state index contributed by atoms with van der Waals surface area (Å²) in [6.45, 7) is 1.52. The van der Waals surface area contributed by atoms with Crippen molar-refractivity contribution >= 4 is 11.9 Å². The van der Waals surface area contributed by atoms with Gasteiger partial charge >= 0.3 is 11.9 Å². The van der Waals surface area contributed by atoms with Gasteiger partial charge in [0.25, 0.3) is 0 Å². The van der Waals surface area contributed by atoms with Crippen molar-refractivity contribution in [3.63, 3.8) is 0 Å². The molecule has 0 radical (unpaired) electrons. The maximum Gasteiger partial charge on any atom is 0.338 e. The lowest BCUT2D eigenvalue weighted by Gasteiger charge is -2.28. The van der Waals surface area contributed by atoms with Gasteiger partial charge in [-0.15, -0.1) is 0 Å². The maximum atomic E-state index is 12.1. The summed E-state index contributed by atoms with van der Waals surface area (Å²) in [5.74, 6) is -2.66. The van der Waals surface area contributed by atoms with E-state index in [-0.39, 0.29) is 35.7 Å². The minimum Gasteiger partial charge on any atom is -0.508 e. The number of carbonyl (C=O) groups excluding carboxylic acids is 1. The van der Waals surface area contributed by atoms with Crippen LogP contribution in [0.2, 0.25) is 0 Å². The van der Waals surface area contributed by atoms with Crippen LogP contribution < -0.4 is 5.73 Å². The molecule has 2 atom stereocenters. The molecule has 0 aliphatic heterocycles. The highest BCUT2D eigenvalue weighted by Crippen LogP contribution is 2.28. The van der Waals surface area contributed by atoms with Crippen LogP contribution in [0, 0.1) is 0 Å². The molecule has 0 aliphatic rings. The summed E-state index contributed by atoms with van der Waals surface area (Å²) in [5, 5.41) is 37.7. The average Bonchev–Trinajstić information content (AvgIpc) is 2.58. The fraction of sp³-hybridized carbons (Fsp3) is 0.263. The van der Waals surface area contributed by atoms with Gasteiger partial charge in [0, 0.05) is 12.8 Å². The lowest BCUT2D eigenvalue weighted by Crippen LogP contribution is -2.52. The minimum atomic E-state index is -1.75. The molecule has 2 aromatic rings. The molecule has 2 aromatic carbocycles. The number of aromatic hydroxyl groups is 3. The van der Waals surface area contributed by atoms with Gasteiger partial charge in [0.2, 0.25) is 0 Å². The van der Waals surface area contributed by atoms with Crippen LogP contribution in [0.3, 0.4) is 0 Å². The van der Waals surface area contributed by atoms with Crippen LogP contribution in [0.25, 0.3) is 0 Å². The minimum absolute atomic E-state index is 0.00333. The van der Waals surface area contributed by atoms with E-state index in [0.29, 0.717) is 5.56 Å². The van der Waals surface area contributed by atoms with Crippen molar-refractivity contribution in [1.29, 1.82) is 0 Å². The molecule has 0 amide bonds. The molecule has 6 N–H and O–H groups in total. The van der Waals surface area contributed by atoms with Crippen molar-refractivity contribution in [2.75, 3.05) is 0 Å². The number of benzene rings is 2. The first kappa shape index (κ1) is 20.1. The van der Waals surface area contributed by atoms with E-state index in [1.807, 2.05) is 0 Å². The largest absolute Gasteiger partial charge is 0.508 e. The molecular formula is C19H21NO7. The van der Waals surface area contributed by atoms with Crippen molar-refractivity contribution in [2.24, 2.45) is 5.73 Å². The molecule has 0 saturated heterocycles. The molecule has 0 aromatic heterocycles. The van der Waals surface area contributed by atoms with Crippen LogP contribution in [-0.2, 0) is 16.0 Å². The van der Waals surface area contributed by atoms with Crippen molar-refractivity contribution in [3.8, 4) is 17.2 Å². The number of phenolic OH excluding ortho intramolecular Hbond substituents is 3. The van der Waals surface area contributed by atoms with Crippen molar-refractivity contribution in [2.45, 2.75) is 31.4 Å². The second-order valence-electron chi connectivity index (χ2n) is 6.43. The number of hydrogen-bond acceptors (Lipinski definition) is 7. The summed E-state index contributed by atoms with van der Waals surface area (Å²) in [6, 6.07) is 9.36. The highest BCUT2D eigenvalue weighted by Gasteiger charge is 2.37. The lowest BCUT2D eigenvalue weighted by atomic mass is 9.86. The Balaban J connectivity index is 2.09. The summed E-state index contributed by atoms with van der Waals surface area (Å²) in [7, 11) is 0. The summed E-state index contributed by atoms with van der Waals surface area (Å²) in [5.41, 5.74) is 4.90. The molecule has 0 bridgehead atoms. The number of ether oxygens (including phenoxy) is 1. The number of esters is 1. The summed E-state index contributed by atoms with van der Waals surface area (Å²) in [4.78, 5) is 23.8. The Bertz CT molecular complexity index is 834. The first-order chi connectivity index (χ1) is 12.6. The Kier molecular flexibility index (Phi) is 5.91. The molecule has 0 aliphatic carbocycles. The molecular weight excluding hydrogens is 354 g/mol. The Morgan fingerprint density at radius 2 is 1.70 bits per heavy atom. The fourth-order valence-corrected chi connectivity index (χ4v) is 2.68. The first-order valence-corrected chi connectivity index (χ1v) is 8.14. The summed E-state index contributed by atoms with van der Waals surface area (Å²) in [6.07, 6.45) is -1.12. The zero-order valence-corrected chi connectivity index (χ0v) is 14.6. The van der Waals surface area contributed by atoms with Crippen LogP contribution in [0.15, 0.2) is 42.5 Å². The molecule has 2 rings (SSSR count). The number of carboxylic acids is 1. The van der Waals surface area contributed by atoms with Crippen LogP contribution >= 0.6 is 0 Å². The van der Waals surface area contributed by atoms with E-state index < -0.39 is 23.6 Å². The van der Waals surface area contributed by atoms with E-state index in [4.69, 9.17) is 10.5 Å². The second kappa shape index (κ2) is 7.96. The molecule has 8 heteroatoms. The third-order valence-corrected chi connectivity index (χ3v) is 4.05. The molecule has 0 saturated carbocycles. The van der Waals surface area contributed by atoms with E-state index in [1.54, 1.807) is 0 Å². The van der Waals surface area contributed by atoms with E-state index >= 15 is 0 Å². The van der Waals surface area contributed by atoms with Crippen LogP contribution in [-0.4, -0.2) is 44.0 Å². The van der Waals surface area contributed by atoms with Gasteiger partial charge in [-0.2, -0.15) is 0 Å². The van der Waals surface area contributed by atoms with Gasteiger partial charge in [-0.3, -0.25) is 4.79 Å². The third-order valence-electron chi connectivity index (χ3n) is 4.05. The van der Waals surface area contributed by atoms with Gasteiger partial charge in [0.1, 0.15) is 17.4 Å². The van der Waals surface area contributed by atoms with Gasteiger partial charge in [0.05, 0.1) is 5.56 Å². The van der Waals surface area contributed by atoms with Gasteiger partial charge in [-0.25, -0.2) is 4.79 Å². The number of aliphatic carboxylic acids is 1. The molecule has 0 fully saturated rings. The van der Waals surface area contributed by atoms with Crippen molar-refractivity contribution < 1.29 is 34.8 Å². The fourth-order valence-electron chi connectivity index (χ4n) is 2.68. The Labute approximate surface area is 155 Å². The number of hydrogen-bond donors (Lipinski definition) is 5. The Hall–Kier alpha value is -3.26. The van der Waals surface area contributed by atoms with E-state index in [0.717, 1.165) is 0 Å². The number of carboxylic acid groups (broad SMARTS) is 1. The summed E-state index contributed by atoms with van der Waals surface area (Å²) < 4.78 is 5.25. The Morgan fingerprint density at radius 1 is 1.07 bits per heavy atom. The predicted octanol–water partition coefficient (Wildman–Crippen LogP) is 1.76. The van der Waals surface area contributed by atoms with E-state index in [9.17, 15) is 30.0 Å². The highest BCUT2D eigenvalue weighted by molar-refractivity contribution is 5.89. The van der Waals surface area contributed by atoms with E-state index in [1.165, 1.54) is 49.4 Å². The van der Waals surface area contributed by atoms with Crippen molar-refractivity contribution in [1.82, 2.24) is 0 Å². The highest BCUT2D eigenvalue weighted by atomic mass is 16.5. The van der Waals surface area contributed by atoms with Gasteiger partial charge < -0.3 is 30.9 Å². The van der Waals surface area contributed by atoms with Crippen LogP contribution in [0.5, 0.6) is 17.2 Å². The van der Waals surface area contributed by atoms with Crippen molar-refractivity contribution in [3.05, 3.63) is 53.6 Å². The normalized spacial score (nSPS) is 14.1. The van der Waals surface area contributed by atoms with Crippen LogP contribution in [0.4, 0.5) is 0 Å². The van der Waals surface area contributed by atoms with Gasteiger partial charge in [-0.05, 0) is 48.9 Å². The molecule has 1 unspecified atom stereocenters. The number of nitrogens with two attached hydrogens (primary N) is 1. The smallest absolute Gasteiger partial charge is 0.338 e. The molecule has 27 heavy (non-hydrogen) atoms.